The van der Waals surface area contributed by atoms with Crippen LogP contribution in [0.1, 0.15) is 0 Å². The van der Waals surface area contributed by atoms with Gasteiger partial charge in [0.05, 0.1) is 0 Å². The van der Waals surface area contributed by atoms with E-state index in [9.17, 15) is 4.39 Å². The van der Waals surface area contributed by atoms with Crippen LogP contribution < -0.4 is 0 Å². The molecule has 0 fully saturated rings. The Bertz CT molecular complexity index is 144. The first kappa shape index (κ1) is 5.50. The monoisotopic (exact) mass is 228 g/mol. The van der Waals surface area contributed by atoms with Crippen LogP contribution in [0.2, 0.25) is 0 Å². The molecule has 0 unspecified atom stereocenters. The van der Waals surface area contributed by atoms with Gasteiger partial charge >= 0.3 is 0 Å². The van der Waals surface area contributed by atoms with Crippen molar-refractivity contribution < 1.29 is 4.39 Å². The summed E-state index contributed by atoms with van der Waals surface area (Å²) >= 11 is 3.38. The molecule has 0 amide bonds. The van der Waals surface area contributed by atoms with Crippen molar-refractivity contribution in [3.8, 4) is 0 Å². The third-order valence-electron chi connectivity index (χ3n) is 0.574. The lowest BCUT2D eigenvalue weighted by molar-refractivity contribution is 0.627. The molecular formula is C4H2FIS. The molecule has 0 saturated carbocycles. The number of rotatable bonds is 0. The van der Waals surface area contributed by atoms with E-state index in [2.05, 4.69) is 0 Å². The second kappa shape index (κ2) is 2.09. The fraction of sp³-hybridized carbons (Fsp3) is 0. The summed E-state index contributed by atoms with van der Waals surface area (Å²) in [5, 5.41) is 1.73. The second-order valence-electron chi connectivity index (χ2n) is 1.04. The largest absolute Gasteiger partial charge is 0.205 e. The topological polar surface area (TPSA) is 0 Å². The number of thiophene rings is 1. The third-order valence-corrected chi connectivity index (χ3v) is 2.53. The van der Waals surface area contributed by atoms with Crippen LogP contribution >= 0.6 is 33.9 Å². The van der Waals surface area contributed by atoms with E-state index in [0.29, 0.717) is 0 Å². The van der Waals surface area contributed by atoms with Crippen LogP contribution in [-0.2, 0) is 0 Å². The molecule has 0 aliphatic heterocycles. The van der Waals surface area contributed by atoms with Gasteiger partial charge in [0.25, 0.3) is 0 Å². The lowest BCUT2D eigenvalue weighted by atomic mass is 10.6. The predicted molar refractivity (Wildman–Crippen MR) is 37.0 cm³/mol. The molecule has 1 heterocycles. The minimum atomic E-state index is -0.106. The maximum atomic E-state index is 12.1. The molecule has 7 heavy (non-hydrogen) atoms. The Hall–Kier alpha value is 0.360. The lowest BCUT2D eigenvalue weighted by Crippen LogP contribution is -1.61. The summed E-state index contributed by atoms with van der Waals surface area (Å²) in [6.45, 7) is 0. The highest BCUT2D eigenvalue weighted by Gasteiger charge is 1.94. The Kier molecular flexibility index (Phi) is 1.64. The van der Waals surface area contributed by atoms with Gasteiger partial charge in [0, 0.05) is 0 Å². The predicted octanol–water partition coefficient (Wildman–Crippen LogP) is 2.49. The Balaban J connectivity index is 3.12. The van der Waals surface area contributed by atoms with E-state index in [4.69, 9.17) is 0 Å². The van der Waals surface area contributed by atoms with E-state index in [1.165, 1.54) is 17.4 Å². The van der Waals surface area contributed by atoms with Crippen LogP contribution in [-0.4, -0.2) is 0 Å². The highest BCUT2D eigenvalue weighted by molar-refractivity contribution is 14.1. The average molecular weight is 228 g/mol. The number of halogens is 2. The molecule has 0 radical (unpaired) electrons. The van der Waals surface area contributed by atoms with Crippen LogP contribution in [0.3, 0.4) is 0 Å². The molecule has 1 aromatic heterocycles. The van der Waals surface area contributed by atoms with E-state index < -0.39 is 0 Å². The molecule has 0 saturated heterocycles. The zero-order valence-corrected chi connectivity index (χ0v) is 6.29. The van der Waals surface area contributed by atoms with Gasteiger partial charge in [0.1, 0.15) is 8.70 Å². The van der Waals surface area contributed by atoms with E-state index >= 15 is 0 Å². The Labute approximate surface area is 58.5 Å². The van der Waals surface area contributed by atoms with Crippen molar-refractivity contribution in [1.29, 1.82) is 0 Å². The van der Waals surface area contributed by atoms with E-state index in [1.54, 1.807) is 5.38 Å². The zero-order valence-electron chi connectivity index (χ0n) is 3.32. The SMILES string of the molecule is Fc1ccsc1I. The molecule has 0 nitrogen and oxygen atoms in total. The van der Waals surface area contributed by atoms with Crippen molar-refractivity contribution >= 4 is 33.9 Å². The van der Waals surface area contributed by atoms with Gasteiger partial charge in [-0.3, -0.25) is 0 Å². The quantitative estimate of drug-likeness (QED) is 0.598. The molecule has 0 aliphatic rings. The van der Waals surface area contributed by atoms with E-state index in [1.807, 2.05) is 22.6 Å². The maximum absolute atomic E-state index is 12.1. The van der Waals surface area contributed by atoms with Gasteiger partial charge in [-0.05, 0) is 34.0 Å². The lowest BCUT2D eigenvalue weighted by Gasteiger charge is -1.72. The number of hydrogen-bond acceptors (Lipinski definition) is 1. The highest BCUT2D eigenvalue weighted by atomic mass is 127. The smallest absolute Gasteiger partial charge is 0.147 e. The molecule has 1 aromatic rings. The summed E-state index contributed by atoms with van der Waals surface area (Å²) in [4.78, 5) is 0. The van der Waals surface area contributed by atoms with Gasteiger partial charge in [-0.1, -0.05) is 0 Å². The van der Waals surface area contributed by atoms with Gasteiger partial charge in [-0.15, -0.1) is 11.3 Å². The first-order valence-corrected chi connectivity index (χ1v) is 3.65. The fourth-order valence-electron chi connectivity index (χ4n) is 0.275. The van der Waals surface area contributed by atoms with Gasteiger partial charge in [-0.25, -0.2) is 4.39 Å². The molecule has 3 heteroatoms. The van der Waals surface area contributed by atoms with Crippen LogP contribution in [0, 0.1) is 8.70 Å². The first-order valence-electron chi connectivity index (χ1n) is 1.69. The first-order chi connectivity index (χ1) is 3.30. The minimum Gasteiger partial charge on any atom is -0.205 e. The summed E-state index contributed by atoms with van der Waals surface area (Å²) in [6, 6.07) is 1.46. The molecule has 1 rings (SSSR count). The zero-order chi connectivity index (χ0) is 5.28. The highest BCUT2D eigenvalue weighted by Crippen LogP contribution is 2.15. The van der Waals surface area contributed by atoms with Crippen molar-refractivity contribution in [3.05, 3.63) is 20.1 Å². The molecule has 0 N–H and O–H groups in total. The van der Waals surface area contributed by atoms with Crippen LogP contribution in [0.5, 0.6) is 0 Å². The van der Waals surface area contributed by atoms with Crippen molar-refractivity contribution in [1.82, 2.24) is 0 Å². The summed E-state index contributed by atoms with van der Waals surface area (Å²) in [7, 11) is 0. The van der Waals surface area contributed by atoms with Crippen molar-refractivity contribution in [3.63, 3.8) is 0 Å². The molecule has 0 aromatic carbocycles. The van der Waals surface area contributed by atoms with Gasteiger partial charge in [0.2, 0.25) is 0 Å². The standard InChI is InChI=1S/C4H2FIS/c5-3-1-2-7-4(3)6/h1-2H. The van der Waals surface area contributed by atoms with Crippen molar-refractivity contribution in [2.24, 2.45) is 0 Å². The summed E-state index contributed by atoms with van der Waals surface area (Å²) in [5.74, 6) is -0.106. The van der Waals surface area contributed by atoms with E-state index in [0.717, 1.165) is 2.88 Å². The molecular weight excluding hydrogens is 226 g/mol. The third kappa shape index (κ3) is 1.13. The van der Waals surface area contributed by atoms with Gasteiger partial charge in [0.15, 0.2) is 0 Å². The summed E-state index contributed by atoms with van der Waals surface area (Å²) < 4.78 is 12.8. The molecule has 0 bridgehead atoms. The average Bonchev–Trinajstić information content (AvgIpc) is 1.91. The van der Waals surface area contributed by atoms with Crippen molar-refractivity contribution in [2.45, 2.75) is 0 Å². The van der Waals surface area contributed by atoms with Crippen LogP contribution in [0.15, 0.2) is 11.4 Å². The second-order valence-corrected chi connectivity index (χ2v) is 3.77. The van der Waals surface area contributed by atoms with Crippen LogP contribution in [0.25, 0.3) is 0 Å². The maximum Gasteiger partial charge on any atom is 0.147 e. The Morgan fingerprint density at radius 2 is 2.43 bits per heavy atom. The molecule has 0 spiro atoms. The number of hydrogen-bond donors (Lipinski definition) is 0. The summed E-state index contributed by atoms with van der Waals surface area (Å²) in [6.07, 6.45) is 0. The Morgan fingerprint density at radius 3 is 2.57 bits per heavy atom. The van der Waals surface area contributed by atoms with Gasteiger partial charge in [-0.2, -0.15) is 0 Å². The normalized spacial score (nSPS) is 9.43. The van der Waals surface area contributed by atoms with Gasteiger partial charge < -0.3 is 0 Å². The minimum absolute atomic E-state index is 0.106. The summed E-state index contributed by atoms with van der Waals surface area (Å²) in [5.41, 5.74) is 0. The molecule has 0 aliphatic carbocycles. The van der Waals surface area contributed by atoms with Crippen molar-refractivity contribution in [2.75, 3.05) is 0 Å². The molecule has 0 atom stereocenters. The van der Waals surface area contributed by atoms with E-state index in [-0.39, 0.29) is 5.82 Å². The van der Waals surface area contributed by atoms with Crippen LogP contribution in [0.4, 0.5) is 4.39 Å². The Morgan fingerprint density at radius 1 is 1.71 bits per heavy atom. The fourth-order valence-corrected chi connectivity index (χ4v) is 1.38. The molecule has 38 valence electrons.